The van der Waals surface area contributed by atoms with Gasteiger partial charge in [0.25, 0.3) is 5.92 Å². The van der Waals surface area contributed by atoms with Gasteiger partial charge in [0, 0.05) is 11.5 Å². The van der Waals surface area contributed by atoms with Gasteiger partial charge >= 0.3 is 0 Å². The largest absolute Gasteiger partial charge is 0.251 e. The van der Waals surface area contributed by atoms with Crippen molar-refractivity contribution in [3.8, 4) is 6.07 Å². The third-order valence-corrected chi connectivity index (χ3v) is 3.91. The summed E-state index contributed by atoms with van der Waals surface area (Å²) < 4.78 is 27.2. The molecule has 0 bridgehead atoms. The van der Waals surface area contributed by atoms with Gasteiger partial charge in [-0.15, -0.1) is 0 Å². The van der Waals surface area contributed by atoms with Gasteiger partial charge in [0.2, 0.25) is 0 Å². The monoisotopic (exact) mass is 275 g/mol. The van der Waals surface area contributed by atoms with Gasteiger partial charge in [-0.05, 0) is 55.4 Å². The molecule has 0 amide bonds. The number of alkyl halides is 2. The summed E-state index contributed by atoms with van der Waals surface area (Å²) in [6.45, 7) is 5.05. The summed E-state index contributed by atoms with van der Waals surface area (Å²) in [5, 5.41) is 9.07. The van der Waals surface area contributed by atoms with Crippen LogP contribution in [0.1, 0.15) is 33.6 Å². The van der Waals surface area contributed by atoms with Crippen LogP contribution in [0.5, 0.6) is 0 Å². The molecule has 0 aliphatic heterocycles. The van der Waals surface area contributed by atoms with E-state index in [2.05, 4.69) is 19.1 Å². The van der Waals surface area contributed by atoms with Crippen molar-refractivity contribution < 1.29 is 8.78 Å². The minimum atomic E-state index is -2.80. The highest BCUT2D eigenvalue weighted by atomic mass is 19.3. The third kappa shape index (κ3) is 3.07. The first-order valence-electron chi connectivity index (χ1n) is 6.91. The Balaban J connectivity index is 2.39. The molecule has 0 fully saturated rings. The summed E-state index contributed by atoms with van der Waals surface area (Å²) in [4.78, 5) is 0. The van der Waals surface area contributed by atoms with Crippen molar-refractivity contribution in [1.82, 2.24) is 0 Å². The fourth-order valence-electron chi connectivity index (χ4n) is 2.77. The molecule has 20 heavy (non-hydrogen) atoms. The maximum absolute atomic E-state index is 13.6. The lowest BCUT2D eigenvalue weighted by molar-refractivity contribution is -0.0209. The van der Waals surface area contributed by atoms with Gasteiger partial charge in [-0.25, -0.2) is 8.78 Å². The van der Waals surface area contributed by atoms with E-state index < -0.39 is 11.8 Å². The van der Waals surface area contributed by atoms with Crippen LogP contribution in [0.3, 0.4) is 0 Å². The second-order valence-corrected chi connectivity index (χ2v) is 5.85. The number of allylic oxidation sites excluding steroid dienone is 8. The zero-order valence-corrected chi connectivity index (χ0v) is 12.1. The van der Waals surface area contributed by atoms with Gasteiger partial charge in [0.15, 0.2) is 0 Å². The first kappa shape index (κ1) is 14.7. The van der Waals surface area contributed by atoms with E-state index in [1.165, 1.54) is 0 Å². The van der Waals surface area contributed by atoms with E-state index >= 15 is 0 Å². The molecule has 2 atom stereocenters. The Kier molecular flexibility index (Phi) is 3.94. The fourth-order valence-corrected chi connectivity index (χ4v) is 2.77. The zero-order chi connectivity index (χ0) is 14.9. The second kappa shape index (κ2) is 5.36. The molecule has 1 nitrogen and oxygen atoms in total. The molecule has 106 valence electrons. The molecule has 0 spiro atoms. The Morgan fingerprint density at radius 2 is 2.05 bits per heavy atom. The van der Waals surface area contributed by atoms with E-state index in [0.717, 1.165) is 30.1 Å². The molecule has 0 N–H and O–H groups in total. The van der Waals surface area contributed by atoms with Crippen molar-refractivity contribution in [3.63, 3.8) is 0 Å². The summed E-state index contributed by atoms with van der Waals surface area (Å²) in [6.07, 6.45) is 8.65. The summed E-state index contributed by atoms with van der Waals surface area (Å²) >= 11 is 0. The lowest BCUT2D eigenvalue weighted by Gasteiger charge is -2.26. The molecule has 0 aromatic rings. The quantitative estimate of drug-likeness (QED) is 0.699. The number of hydrogen-bond acceptors (Lipinski definition) is 1. The molecule has 2 aliphatic carbocycles. The molecule has 2 rings (SSSR count). The number of rotatable bonds is 2. The van der Waals surface area contributed by atoms with Gasteiger partial charge in [-0.3, -0.25) is 0 Å². The van der Waals surface area contributed by atoms with E-state index in [0.29, 0.717) is 11.5 Å². The lowest BCUT2D eigenvalue weighted by Crippen LogP contribution is -2.25. The summed E-state index contributed by atoms with van der Waals surface area (Å²) in [5.74, 6) is -3.22. The Hall–Kier alpha value is -1.69. The first-order valence-corrected chi connectivity index (χ1v) is 6.91. The average Bonchev–Trinajstić information content (AvgIpc) is 2.37. The predicted octanol–water partition coefficient (Wildman–Crippen LogP) is 4.95. The SMILES string of the molecule is CC1=CC(C)CC=C1C1=CC(C(C)(F)F)CC(C#N)=C1. The smallest absolute Gasteiger partial charge is 0.207 e. The molecule has 0 aromatic heterocycles. The molecular weight excluding hydrogens is 256 g/mol. The summed E-state index contributed by atoms with van der Waals surface area (Å²) in [5.41, 5.74) is 3.29. The van der Waals surface area contributed by atoms with Gasteiger partial charge in [0.05, 0.1) is 6.07 Å². The molecule has 3 heteroatoms. The van der Waals surface area contributed by atoms with Crippen LogP contribution in [0.2, 0.25) is 0 Å². The number of halogens is 2. The van der Waals surface area contributed by atoms with Crippen molar-refractivity contribution in [2.75, 3.05) is 0 Å². The van der Waals surface area contributed by atoms with Crippen molar-refractivity contribution in [2.45, 2.75) is 39.5 Å². The van der Waals surface area contributed by atoms with Gasteiger partial charge in [0.1, 0.15) is 0 Å². The van der Waals surface area contributed by atoms with Crippen molar-refractivity contribution in [3.05, 3.63) is 46.6 Å². The lowest BCUT2D eigenvalue weighted by atomic mass is 9.81. The van der Waals surface area contributed by atoms with E-state index in [-0.39, 0.29) is 6.42 Å². The zero-order valence-electron chi connectivity index (χ0n) is 12.1. The highest BCUT2D eigenvalue weighted by molar-refractivity contribution is 5.56. The molecular formula is C17H19F2N. The molecule has 2 aliphatic rings. The molecule has 0 saturated heterocycles. The van der Waals surface area contributed by atoms with Gasteiger partial charge in [-0.1, -0.05) is 25.2 Å². The molecule has 0 aromatic carbocycles. The van der Waals surface area contributed by atoms with Gasteiger partial charge < -0.3 is 0 Å². The molecule has 0 heterocycles. The fraction of sp³-hybridized carbons (Fsp3) is 0.471. The normalized spacial score (nSPS) is 27.0. The summed E-state index contributed by atoms with van der Waals surface area (Å²) in [6, 6.07) is 2.04. The van der Waals surface area contributed by atoms with Crippen LogP contribution in [0.4, 0.5) is 8.78 Å². The van der Waals surface area contributed by atoms with Crippen LogP contribution >= 0.6 is 0 Å². The van der Waals surface area contributed by atoms with E-state index in [4.69, 9.17) is 5.26 Å². The van der Waals surface area contributed by atoms with Crippen molar-refractivity contribution in [2.24, 2.45) is 11.8 Å². The third-order valence-electron chi connectivity index (χ3n) is 3.91. The Labute approximate surface area is 119 Å². The molecule has 0 saturated carbocycles. The van der Waals surface area contributed by atoms with Crippen LogP contribution in [0.15, 0.2) is 46.6 Å². The van der Waals surface area contributed by atoms with Crippen LogP contribution in [0.25, 0.3) is 0 Å². The highest BCUT2D eigenvalue weighted by Crippen LogP contribution is 2.38. The molecule has 2 unspecified atom stereocenters. The first-order chi connectivity index (χ1) is 9.31. The minimum Gasteiger partial charge on any atom is -0.207 e. The number of hydrogen-bond donors (Lipinski definition) is 0. The number of nitriles is 1. The predicted molar refractivity (Wildman–Crippen MR) is 76.1 cm³/mol. The van der Waals surface area contributed by atoms with Crippen LogP contribution in [0, 0.1) is 23.2 Å². The highest BCUT2D eigenvalue weighted by Gasteiger charge is 2.35. The second-order valence-electron chi connectivity index (χ2n) is 5.85. The Bertz CT molecular complexity index is 565. The number of nitrogens with zero attached hydrogens (tertiary/aromatic N) is 1. The maximum atomic E-state index is 13.6. The van der Waals surface area contributed by atoms with Crippen LogP contribution < -0.4 is 0 Å². The Morgan fingerprint density at radius 3 is 2.60 bits per heavy atom. The van der Waals surface area contributed by atoms with Crippen LogP contribution in [-0.2, 0) is 0 Å². The van der Waals surface area contributed by atoms with E-state index in [9.17, 15) is 8.78 Å². The maximum Gasteiger partial charge on any atom is 0.251 e. The van der Waals surface area contributed by atoms with Crippen molar-refractivity contribution in [1.29, 1.82) is 5.26 Å². The van der Waals surface area contributed by atoms with E-state index in [1.54, 1.807) is 12.2 Å². The van der Waals surface area contributed by atoms with Crippen LogP contribution in [-0.4, -0.2) is 5.92 Å². The minimum absolute atomic E-state index is 0.121. The molecule has 0 radical (unpaired) electrons. The average molecular weight is 275 g/mol. The standard InChI is InChI=1S/C17H19F2N/c1-11-4-5-16(12(2)6-11)14-7-13(10-20)8-15(9-14)17(3,18)19/h5-7,9,11,15H,4,8H2,1-3H3. The summed E-state index contributed by atoms with van der Waals surface area (Å²) in [7, 11) is 0. The van der Waals surface area contributed by atoms with Gasteiger partial charge in [-0.2, -0.15) is 5.26 Å². The van der Waals surface area contributed by atoms with E-state index in [1.807, 2.05) is 13.0 Å². The van der Waals surface area contributed by atoms with Crippen molar-refractivity contribution >= 4 is 0 Å². The topological polar surface area (TPSA) is 23.8 Å². The Morgan fingerprint density at radius 1 is 1.35 bits per heavy atom.